The topological polar surface area (TPSA) is 58.6 Å². The number of nitrogens with zero attached hydrogens (tertiary/aromatic N) is 1. The van der Waals surface area contributed by atoms with E-state index in [0.29, 0.717) is 24.3 Å². The van der Waals surface area contributed by atoms with Gasteiger partial charge in [0, 0.05) is 42.1 Å². The van der Waals surface area contributed by atoms with E-state index < -0.39 is 0 Å². The number of rotatable bonds is 8. The smallest absolute Gasteiger partial charge is 0.227 e. The molecule has 1 aromatic carbocycles. The first-order valence-corrected chi connectivity index (χ1v) is 11.6. The van der Waals surface area contributed by atoms with E-state index in [-0.39, 0.29) is 11.8 Å². The summed E-state index contributed by atoms with van der Waals surface area (Å²) in [5.41, 5.74) is 1.49. The summed E-state index contributed by atoms with van der Waals surface area (Å²) >= 11 is 0. The Morgan fingerprint density at radius 3 is 2.96 bits per heavy atom. The molecule has 0 saturated carbocycles. The van der Waals surface area contributed by atoms with Gasteiger partial charge in [-0.15, -0.1) is 0 Å². The van der Waals surface area contributed by atoms with Crippen molar-refractivity contribution in [3.63, 3.8) is 0 Å². The Kier molecular flexibility index (Phi) is 7.14. The molecule has 2 aliphatic heterocycles. The molecular weight excluding hydrogens is 368 g/mol. The van der Waals surface area contributed by atoms with Crippen molar-refractivity contribution in [3.8, 4) is 5.75 Å². The van der Waals surface area contributed by atoms with Crippen LogP contribution in [0.25, 0.3) is 0 Å². The number of anilines is 2. The van der Waals surface area contributed by atoms with E-state index in [1.807, 2.05) is 33.7 Å². The average molecular weight is 395 g/mol. The monoisotopic (exact) mass is 394 g/mol. The molecule has 26 heavy (non-hydrogen) atoms. The van der Waals surface area contributed by atoms with Crippen LogP contribution in [0.1, 0.15) is 44.9 Å². The molecule has 3 rings (SSSR count). The minimum absolute atomic E-state index is 0.0329. The van der Waals surface area contributed by atoms with Gasteiger partial charge < -0.3 is 15.0 Å². The molecule has 2 amide bonds. The van der Waals surface area contributed by atoms with E-state index in [2.05, 4.69) is 5.32 Å². The lowest BCUT2D eigenvalue weighted by Gasteiger charge is -2.19. The summed E-state index contributed by atoms with van der Waals surface area (Å²) in [4.78, 5) is 25.9. The minimum Gasteiger partial charge on any atom is -0.494 e. The first-order chi connectivity index (χ1) is 12.7. The van der Waals surface area contributed by atoms with Crippen LogP contribution in [0.15, 0.2) is 18.2 Å². The molecular formula is C19H26N2O3S2. The van der Waals surface area contributed by atoms with E-state index in [1.54, 1.807) is 18.1 Å². The zero-order valence-electron chi connectivity index (χ0n) is 15.2. The van der Waals surface area contributed by atoms with Gasteiger partial charge >= 0.3 is 0 Å². The van der Waals surface area contributed by atoms with Crippen molar-refractivity contribution < 1.29 is 14.3 Å². The van der Waals surface area contributed by atoms with Crippen molar-refractivity contribution in [2.75, 3.05) is 29.6 Å². The van der Waals surface area contributed by atoms with Crippen LogP contribution < -0.4 is 15.0 Å². The van der Waals surface area contributed by atoms with E-state index in [0.717, 1.165) is 36.7 Å². The van der Waals surface area contributed by atoms with E-state index in [1.165, 1.54) is 18.6 Å². The van der Waals surface area contributed by atoms with Crippen LogP contribution in [0.3, 0.4) is 0 Å². The second-order valence-corrected chi connectivity index (χ2v) is 9.45. The number of ether oxygens (including phenoxy) is 1. The van der Waals surface area contributed by atoms with Crippen molar-refractivity contribution in [2.45, 2.75) is 50.2 Å². The van der Waals surface area contributed by atoms with Gasteiger partial charge in [0.2, 0.25) is 11.8 Å². The lowest BCUT2D eigenvalue weighted by Crippen LogP contribution is -2.24. The molecule has 1 unspecified atom stereocenters. The number of carbonyl (C=O) groups excluding carboxylic acids is 2. The molecule has 0 bridgehead atoms. The Morgan fingerprint density at radius 1 is 1.38 bits per heavy atom. The molecule has 1 aromatic rings. The van der Waals surface area contributed by atoms with Gasteiger partial charge in [-0.3, -0.25) is 9.59 Å². The summed E-state index contributed by atoms with van der Waals surface area (Å²) in [5, 5.41) is 3.71. The van der Waals surface area contributed by atoms with Crippen molar-refractivity contribution in [3.05, 3.63) is 18.2 Å². The second kappa shape index (κ2) is 9.55. The molecule has 2 saturated heterocycles. The van der Waals surface area contributed by atoms with E-state index >= 15 is 0 Å². The van der Waals surface area contributed by atoms with Crippen LogP contribution >= 0.6 is 21.6 Å². The number of hydrogen-bond donors (Lipinski definition) is 1. The third-order valence-corrected chi connectivity index (χ3v) is 7.74. The van der Waals surface area contributed by atoms with Gasteiger partial charge in [0.1, 0.15) is 5.75 Å². The maximum Gasteiger partial charge on any atom is 0.227 e. The number of carbonyl (C=O) groups is 2. The fraction of sp³-hybridized carbons (Fsp3) is 0.579. The highest BCUT2D eigenvalue weighted by atomic mass is 33.1. The number of hydrogen-bond acceptors (Lipinski definition) is 5. The van der Waals surface area contributed by atoms with Gasteiger partial charge in [0.05, 0.1) is 12.8 Å². The Morgan fingerprint density at radius 2 is 2.27 bits per heavy atom. The minimum atomic E-state index is 0.0329. The Labute approximate surface area is 163 Å². The predicted octanol–water partition coefficient (Wildman–Crippen LogP) is 4.47. The number of unbranched alkanes of at least 4 members (excludes halogenated alkanes) is 1. The average Bonchev–Trinajstić information content (AvgIpc) is 3.30. The SMILES string of the molecule is COc1cc(NC(=O)CCCCC2CCSS2)ccc1N1CCCC1=O. The predicted molar refractivity (Wildman–Crippen MR) is 110 cm³/mol. The Balaban J connectivity index is 1.49. The maximum absolute atomic E-state index is 12.2. The lowest BCUT2D eigenvalue weighted by molar-refractivity contribution is -0.117. The number of amides is 2. The summed E-state index contributed by atoms with van der Waals surface area (Å²) in [6.07, 6.45) is 6.53. The van der Waals surface area contributed by atoms with Gasteiger partial charge in [-0.25, -0.2) is 0 Å². The number of methoxy groups -OCH3 is 1. The number of benzene rings is 1. The molecule has 2 heterocycles. The zero-order chi connectivity index (χ0) is 18.4. The second-order valence-electron chi connectivity index (χ2n) is 6.66. The Hall–Kier alpha value is -1.34. The van der Waals surface area contributed by atoms with Crippen LogP contribution in [-0.2, 0) is 9.59 Å². The molecule has 5 nitrogen and oxygen atoms in total. The molecule has 7 heteroatoms. The number of nitrogens with one attached hydrogen (secondary N) is 1. The van der Waals surface area contributed by atoms with Gasteiger partial charge in [0.15, 0.2) is 0 Å². The van der Waals surface area contributed by atoms with Gasteiger partial charge in [-0.1, -0.05) is 28.0 Å². The highest BCUT2D eigenvalue weighted by molar-refractivity contribution is 8.77. The van der Waals surface area contributed by atoms with Crippen molar-refractivity contribution >= 4 is 44.8 Å². The molecule has 0 spiro atoms. The largest absolute Gasteiger partial charge is 0.494 e. The standard InChI is InChI=1S/C19H26N2O3S2/c1-24-17-13-14(8-9-16(17)21-11-4-7-19(21)23)20-18(22)6-3-2-5-15-10-12-25-26-15/h8-9,13,15H,2-7,10-12H2,1H3,(H,20,22). The zero-order valence-corrected chi connectivity index (χ0v) is 16.8. The van der Waals surface area contributed by atoms with Gasteiger partial charge in [0.25, 0.3) is 0 Å². The summed E-state index contributed by atoms with van der Waals surface area (Å²) in [5.74, 6) is 2.04. The van der Waals surface area contributed by atoms with Crippen molar-refractivity contribution in [2.24, 2.45) is 0 Å². The van der Waals surface area contributed by atoms with Gasteiger partial charge in [-0.05, 0) is 37.8 Å². The van der Waals surface area contributed by atoms with Crippen LogP contribution in [0, 0.1) is 0 Å². The molecule has 2 aliphatic rings. The molecule has 142 valence electrons. The fourth-order valence-corrected chi connectivity index (χ4v) is 6.35. The van der Waals surface area contributed by atoms with Crippen LogP contribution in [-0.4, -0.2) is 36.5 Å². The van der Waals surface area contributed by atoms with Crippen LogP contribution in [0.4, 0.5) is 11.4 Å². The molecule has 0 aromatic heterocycles. The third-order valence-electron chi connectivity index (χ3n) is 4.73. The first kappa shape index (κ1) is 19.4. The quantitative estimate of drug-likeness (QED) is 0.520. The highest BCUT2D eigenvalue weighted by Gasteiger charge is 2.24. The normalized spacial score (nSPS) is 19.8. The van der Waals surface area contributed by atoms with Crippen LogP contribution in [0.5, 0.6) is 5.75 Å². The van der Waals surface area contributed by atoms with Crippen molar-refractivity contribution in [1.29, 1.82) is 0 Å². The summed E-state index contributed by atoms with van der Waals surface area (Å²) < 4.78 is 5.43. The summed E-state index contributed by atoms with van der Waals surface area (Å²) in [6.45, 7) is 0.721. The summed E-state index contributed by atoms with van der Waals surface area (Å²) in [7, 11) is 5.54. The van der Waals surface area contributed by atoms with E-state index in [9.17, 15) is 9.59 Å². The molecule has 0 aliphatic carbocycles. The third kappa shape index (κ3) is 5.10. The highest BCUT2D eigenvalue weighted by Crippen LogP contribution is 2.40. The van der Waals surface area contributed by atoms with Crippen molar-refractivity contribution in [1.82, 2.24) is 0 Å². The lowest BCUT2D eigenvalue weighted by atomic mass is 10.1. The Bertz CT molecular complexity index is 648. The fourth-order valence-electron chi connectivity index (χ4n) is 3.33. The van der Waals surface area contributed by atoms with E-state index in [4.69, 9.17) is 4.74 Å². The first-order valence-electron chi connectivity index (χ1n) is 9.24. The maximum atomic E-state index is 12.2. The van der Waals surface area contributed by atoms with Crippen LogP contribution in [0.2, 0.25) is 0 Å². The molecule has 1 atom stereocenters. The molecule has 2 fully saturated rings. The molecule has 0 radical (unpaired) electrons. The summed E-state index contributed by atoms with van der Waals surface area (Å²) in [6, 6.07) is 5.49. The van der Waals surface area contributed by atoms with Gasteiger partial charge in [-0.2, -0.15) is 0 Å². The molecule has 1 N–H and O–H groups in total.